The fourth-order valence-electron chi connectivity index (χ4n) is 2.26. The molecule has 2 aromatic rings. The highest BCUT2D eigenvalue weighted by Crippen LogP contribution is 2.34. The zero-order chi connectivity index (χ0) is 20.7. The lowest BCUT2D eigenvalue weighted by atomic mass is 10.1. The number of halogens is 1. The Morgan fingerprint density at radius 1 is 0.893 bits per heavy atom. The highest BCUT2D eigenvalue weighted by Gasteiger charge is 2.20. The smallest absolute Gasteiger partial charge is 0.279 e. The van der Waals surface area contributed by atoms with Crippen LogP contribution in [0.5, 0.6) is 23.0 Å². The number of hydrogen-bond donors (Lipinski definition) is 2. The second kappa shape index (κ2) is 9.45. The summed E-state index contributed by atoms with van der Waals surface area (Å²) in [6.45, 7) is 1.49. The van der Waals surface area contributed by atoms with Crippen molar-refractivity contribution in [1.82, 2.24) is 10.9 Å². The lowest BCUT2D eigenvalue weighted by molar-refractivity contribution is -0.128. The molecule has 2 N–H and O–H groups in total. The number of benzene rings is 2. The minimum absolute atomic E-state index is 0.132. The van der Waals surface area contributed by atoms with Crippen molar-refractivity contribution >= 4 is 11.8 Å². The van der Waals surface area contributed by atoms with Gasteiger partial charge in [-0.25, -0.2) is 4.39 Å². The summed E-state index contributed by atoms with van der Waals surface area (Å²) in [6, 6.07) is 8.14. The summed E-state index contributed by atoms with van der Waals surface area (Å²) < 4.78 is 33.8. The van der Waals surface area contributed by atoms with Crippen molar-refractivity contribution in [2.45, 2.75) is 13.0 Å². The Morgan fingerprint density at radius 3 is 2.04 bits per heavy atom. The van der Waals surface area contributed by atoms with E-state index < -0.39 is 23.7 Å². The van der Waals surface area contributed by atoms with Crippen molar-refractivity contribution in [2.75, 3.05) is 21.3 Å². The topological polar surface area (TPSA) is 95.1 Å². The second-order valence-corrected chi connectivity index (χ2v) is 5.56. The van der Waals surface area contributed by atoms with Crippen molar-refractivity contribution in [1.29, 1.82) is 0 Å². The molecule has 0 saturated heterocycles. The van der Waals surface area contributed by atoms with E-state index >= 15 is 0 Å². The minimum atomic E-state index is -0.932. The third-order valence-corrected chi connectivity index (χ3v) is 3.75. The number of nitrogens with one attached hydrogen (secondary N) is 2. The summed E-state index contributed by atoms with van der Waals surface area (Å²) in [5.74, 6) is -0.371. The third kappa shape index (κ3) is 5.03. The van der Waals surface area contributed by atoms with Crippen LogP contribution >= 0.6 is 0 Å². The minimum Gasteiger partial charge on any atom is -0.496 e. The fraction of sp³-hybridized carbons (Fsp3) is 0.263. The summed E-state index contributed by atoms with van der Waals surface area (Å²) >= 11 is 0. The fourth-order valence-corrected chi connectivity index (χ4v) is 2.26. The summed E-state index contributed by atoms with van der Waals surface area (Å²) in [5, 5.41) is 0. The number of carbonyl (C=O) groups excluding carboxylic acids is 2. The molecule has 2 aromatic carbocycles. The molecular formula is C19H21FN2O6. The molecule has 1 unspecified atom stereocenters. The zero-order valence-corrected chi connectivity index (χ0v) is 15.9. The molecule has 28 heavy (non-hydrogen) atoms. The summed E-state index contributed by atoms with van der Waals surface area (Å²) in [7, 11) is 4.29. The average Bonchev–Trinajstić information content (AvgIpc) is 2.72. The first kappa shape index (κ1) is 20.8. The van der Waals surface area contributed by atoms with Crippen LogP contribution in [0.3, 0.4) is 0 Å². The maximum absolute atomic E-state index is 12.9. The normalized spacial score (nSPS) is 11.2. The first-order chi connectivity index (χ1) is 13.4. The van der Waals surface area contributed by atoms with Gasteiger partial charge in [0.2, 0.25) is 0 Å². The van der Waals surface area contributed by atoms with Gasteiger partial charge in [-0.05, 0) is 31.2 Å². The highest BCUT2D eigenvalue weighted by molar-refractivity contribution is 5.99. The average molecular weight is 392 g/mol. The van der Waals surface area contributed by atoms with Gasteiger partial charge in [-0.15, -0.1) is 0 Å². The molecular weight excluding hydrogens is 371 g/mol. The molecule has 2 amide bonds. The Labute approximate surface area is 161 Å². The Morgan fingerprint density at radius 2 is 1.46 bits per heavy atom. The molecule has 0 fully saturated rings. The number of methoxy groups -OCH3 is 3. The van der Waals surface area contributed by atoms with Crippen LogP contribution in [-0.4, -0.2) is 39.2 Å². The van der Waals surface area contributed by atoms with E-state index in [1.807, 2.05) is 0 Å². The summed E-state index contributed by atoms with van der Waals surface area (Å²) in [4.78, 5) is 24.6. The van der Waals surface area contributed by atoms with E-state index in [1.54, 1.807) is 0 Å². The highest BCUT2D eigenvalue weighted by atomic mass is 19.1. The van der Waals surface area contributed by atoms with Crippen molar-refractivity contribution in [3.8, 4) is 23.0 Å². The van der Waals surface area contributed by atoms with Crippen LogP contribution in [0.25, 0.3) is 0 Å². The first-order valence-corrected chi connectivity index (χ1v) is 8.22. The maximum Gasteiger partial charge on any atom is 0.279 e. The number of hydrazine groups is 1. The van der Waals surface area contributed by atoms with Crippen LogP contribution in [0.2, 0.25) is 0 Å². The molecule has 1 atom stereocenters. The SMILES string of the molecule is COc1cc(OC)c(C(=O)NNC(=O)C(C)Oc2ccc(F)cc2)cc1OC. The van der Waals surface area contributed by atoms with E-state index in [9.17, 15) is 14.0 Å². The third-order valence-electron chi connectivity index (χ3n) is 3.75. The van der Waals surface area contributed by atoms with E-state index in [2.05, 4.69) is 10.9 Å². The van der Waals surface area contributed by atoms with Gasteiger partial charge >= 0.3 is 0 Å². The molecule has 0 bridgehead atoms. The maximum atomic E-state index is 12.9. The van der Waals surface area contributed by atoms with Gasteiger partial charge in [-0.1, -0.05) is 0 Å². The number of hydrogen-bond acceptors (Lipinski definition) is 6. The second-order valence-electron chi connectivity index (χ2n) is 5.56. The number of carbonyl (C=O) groups is 2. The van der Waals surface area contributed by atoms with E-state index in [4.69, 9.17) is 18.9 Å². The van der Waals surface area contributed by atoms with E-state index in [1.165, 1.54) is 64.7 Å². The van der Waals surface area contributed by atoms with Crippen LogP contribution in [0, 0.1) is 5.82 Å². The zero-order valence-electron chi connectivity index (χ0n) is 15.9. The van der Waals surface area contributed by atoms with Crippen molar-refractivity contribution in [3.63, 3.8) is 0 Å². The quantitative estimate of drug-likeness (QED) is 0.701. The molecule has 0 aliphatic carbocycles. The van der Waals surface area contributed by atoms with Crippen molar-refractivity contribution < 1.29 is 32.9 Å². The summed E-state index contributed by atoms with van der Waals surface area (Å²) in [6.07, 6.45) is -0.932. The molecule has 0 aliphatic heterocycles. The van der Waals surface area contributed by atoms with Crippen molar-refractivity contribution in [3.05, 3.63) is 47.8 Å². The van der Waals surface area contributed by atoms with Crippen molar-refractivity contribution in [2.24, 2.45) is 0 Å². The number of amides is 2. The summed E-state index contributed by atoms with van der Waals surface area (Å²) in [5.41, 5.74) is 4.68. The van der Waals surface area contributed by atoms with Gasteiger partial charge in [0.15, 0.2) is 17.6 Å². The lowest BCUT2D eigenvalue weighted by Crippen LogP contribution is -2.47. The monoisotopic (exact) mass is 392 g/mol. The Kier molecular flexibility index (Phi) is 7.02. The predicted molar refractivity (Wildman–Crippen MR) is 98.2 cm³/mol. The number of rotatable bonds is 7. The van der Waals surface area contributed by atoms with Crippen LogP contribution in [-0.2, 0) is 4.79 Å². The van der Waals surface area contributed by atoms with E-state index in [-0.39, 0.29) is 11.3 Å². The molecule has 0 aromatic heterocycles. The van der Waals surface area contributed by atoms with Gasteiger partial charge in [0.1, 0.15) is 17.3 Å². The molecule has 0 aliphatic rings. The van der Waals surface area contributed by atoms with Crippen LogP contribution in [0.4, 0.5) is 4.39 Å². The van der Waals surface area contributed by atoms with Crippen LogP contribution in [0.15, 0.2) is 36.4 Å². The Hall–Kier alpha value is -3.49. The number of ether oxygens (including phenoxy) is 4. The van der Waals surface area contributed by atoms with Gasteiger partial charge in [0, 0.05) is 12.1 Å². The van der Waals surface area contributed by atoms with Crippen LogP contribution < -0.4 is 29.8 Å². The Balaban J connectivity index is 2.02. The molecule has 150 valence electrons. The van der Waals surface area contributed by atoms with Gasteiger partial charge in [0.05, 0.1) is 26.9 Å². The van der Waals surface area contributed by atoms with Gasteiger partial charge < -0.3 is 18.9 Å². The molecule has 0 heterocycles. The molecule has 9 heteroatoms. The van der Waals surface area contributed by atoms with Crippen LogP contribution in [0.1, 0.15) is 17.3 Å². The lowest BCUT2D eigenvalue weighted by Gasteiger charge is -2.16. The van der Waals surface area contributed by atoms with Gasteiger partial charge in [-0.3, -0.25) is 20.4 Å². The first-order valence-electron chi connectivity index (χ1n) is 8.22. The Bertz CT molecular complexity index is 841. The molecule has 0 radical (unpaired) electrons. The predicted octanol–water partition coefficient (Wildman–Crippen LogP) is 2.08. The molecule has 8 nitrogen and oxygen atoms in total. The van der Waals surface area contributed by atoms with E-state index in [0.29, 0.717) is 17.2 Å². The standard InChI is InChI=1S/C19H21FN2O6/c1-11(28-13-7-5-12(20)6-8-13)18(23)21-22-19(24)14-9-16(26-3)17(27-4)10-15(14)25-2/h5-11H,1-4H3,(H,21,23)(H,22,24). The largest absolute Gasteiger partial charge is 0.496 e. The molecule has 0 spiro atoms. The molecule has 2 rings (SSSR count). The molecule has 0 saturated carbocycles. The van der Waals surface area contributed by atoms with Gasteiger partial charge in [0.25, 0.3) is 11.8 Å². The van der Waals surface area contributed by atoms with E-state index in [0.717, 1.165) is 0 Å². The van der Waals surface area contributed by atoms with Gasteiger partial charge in [-0.2, -0.15) is 0 Å².